The Morgan fingerprint density at radius 3 is 2.53 bits per heavy atom. The Balaban J connectivity index is 1.18. The van der Waals surface area contributed by atoms with Crippen LogP contribution in [0.2, 0.25) is 0 Å². The second-order valence-electron chi connectivity index (χ2n) is 8.34. The van der Waals surface area contributed by atoms with E-state index in [2.05, 4.69) is 63.2 Å². The number of anilines is 1. The monoisotopic (exact) mass is 420 g/mol. The molecule has 5 rings (SSSR count). The average Bonchev–Trinajstić information content (AvgIpc) is 3.24. The van der Waals surface area contributed by atoms with Crippen molar-refractivity contribution in [2.45, 2.75) is 19.4 Å². The maximum Gasteiger partial charge on any atom is 0.227 e. The van der Waals surface area contributed by atoms with Crippen LogP contribution in [0.25, 0.3) is 10.2 Å². The molecule has 3 heterocycles. The number of benzene rings is 2. The summed E-state index contributed by atoms with van der Waals surface area (Å²) in [7, 11) is 0. The molecular formula is C24H28N4OS. The smallest absolute Gasteiger partial charge is 0.227 e. The van der Waals surface area contributed by atoms with E-state index in [-0.39, 0.29) is 5.92 Å². The van der Waals surface area contributed by atoms with Gasteiger partial charge in [-0.2, -0.15) is 0 Å². The summed E-state index contributed by atoms with van der Waals surface area (Å²) in [5.41, 5.74) is 2.40. The number of thiazole rings is 1. The topological polar surface area (TPSA) is 39.7 Å². The van der Waals surface area contributed by atoms with Gasteiger partial charge in [0, 0.05) is 45.8 Å². The first-order chi connectivity index (χ1) is 14.8. The van der Waals surface area contributed by atoms with Gasteiger partial charge in [-0.15, -0.1) is 0 Å². The van der Waals surface area contributed by atoms with E-state index in [0.29, 0.717) is 5.91 Å². The van der Waals surface area contributed by atoms with Crippen molar-refractivity contribution in [1.82, 2.24) is 14.8 Å². The maximum absolute atomic E-state index is 13.2. The zero-order chi connectivity index (χ0) is 20.3. The third-order valence-electron chi connectivity index (χ3n) is 6.26. The lowest BCUT2D eigenvalue weighted by Crippen LogP contribution is -2.52. The maximum atomic E-state index is 13.2. The van der Waals surface area contributed by atoms with Crippen LogP contribution in [0.1, 0.15) is 18.4 Å². The van der Waals surface area contributed by atoms with E-state index < -0.39 is 0 Å². The Morgan fingerprint density at radius 2 is 1.73 bits per heavy atom. The zero-order valence-electron chi connectivity index (χ0n) is 17.2. The van der Waals surface area contributed by atoms with Crippen LogP contribution in [0, 0.1) is 5.92 Å². The van der Waals surface area contributed by atoms with E-state index in [1.54, 1.807) is 11.3 Å². The second-order valence-corrected chi connectivity index (χ2v) is 9.35. The summed E-state index contributed by atoms with van der Waals surface area (Å²) in [6.07, 6.45) is 2.05. The number of hydrogen-bond acceptors (Lipinski definition) is 5. The number of rotatable bonds is 4. The van der Waals surface area contributed by atoms with E-state index in [1.807, 2.05) is 6.07 Å². The number of carbonyl (C=O) groups excluding carboxylic acids is 1. The summed E-state index contributed by atoms with van der Waals surface area (Å²) in [6.45, 7) is 6.34. The molecule has 0 saturated carbocycles. The van der Waals surface area contributed by atoms with Crippen molar-refractivity contribution < 1.29 is 4.79 Å². The van der Waals surface area contributed by atoms with Crippen molar-refractivity contribution in [1.29, 1.82) is 0 Å². The van der Waals surface area contributed by atoms with Gasteiger partial charge in [-0.1, -0.05) is 53.8 Å². The fraction of sp³-hybridized carbons (Fsp3) is 0.417. The standard InChI is InChI=1S/C24H28N4OS/c29-23(27-15-13-26(14-16-27)17-19-7-2-1-3-8-19)20-9-6-12-28(18-20)24-25-21-10-4-5-11-22(21)30-24/h1-5,7-8,10-11,20H,6,9,12-18H2. The number of aromatic nitrogens is 1. The highest BCUT2D eigenvalue weighted by Gasteiger charge is 2.32. The van der Waals surface area contributed by atoms with Gasteiger partial charge < -0.3 is 9.80 Å². The molecule has 0 N–H and O–H groups in total. The SMILES string of the molecule is O=C(C1CCCN(c2nc3ccccc3s2)C1)N1CCN(Cc2ccccc2)CC1. The highest BCUT2D eigenvalue weighted by Crippen LogP contribution is 2.32. The summed E-state index contributed by atoms with van der Waals surface area (Å²) >= 11 is 1.74. The molecule has 2 saturated heterocycles. The molecule has 30 heavy (non-hydrogen) atoms. The van der Waals surface area contributed by atoms with Gasteiger partial charge in [0.25, 0.3) is 0 Å². The molecule has 6 heteroatoms. The van der Waals surface area contributed by atoms with Gasteiger partial charge in [-0.3, -0.25) is 9.69 Å². The van der Waals surface area contributed by atoms with Crippen molar-refractivity contribution in [2.75, 3.05) is 44.2 Å². The van der Waals surface area contributed by atoms with Crippen molar-refractivity contribution in [3.05, 3.63) is 60.2 Å². The molecule has 0 radical (unpaired) electrons. The third-order valence-corrected chi connectivity index (χ3v) is 7.35. The zero-order valence-corrected chi connectivity index (χ0v) is 18.1. The summed E-state index contributed by atoms with van der Waals surface area (Å²) < 4.78 is 1.22. The first-order valence-corrected chi connectivity index (χ1v) is 11.7. The van der Waals surface area contributed by atoms with Gasteiger partial charge in [-0.05, 0) is 30.5 Å². The summed E-state index contributed by atoms with van der Waals surface area (Å²) in [5.74, 6) is 0.423. The minimum Gasteiger partial charge on any atom is -0.347 e. The molecule has 2 aromatic carbocycles. The van der Waals surface area contributed by atoms with E-state index >= 15 is 0 Å². The van der Waals surface area contributed by atoms with Crippen LogP contribution in [-0.4, -0.2) is 60.0 Å². The van der Waals surface area contributed by atoms with Gasteiger partial charge >= 0.3 is 0 Å². The van der Waals surface area contributed by atoms with Crippen LogP contribution in [0.15, 0.2) is 54.6 Å². The number of amides is 1. The quantitative estimate of drug-likeness (QED) is 0.643. The van der Waals surface area contributed by atoms with Crippen molar-refractivity contribution in [3.8, 4) is 0 Å². The van der Waals surface area contributed by atoms with Crippen molar-refractivity contribution in [3.63, 3.8) is 0 Å². The Kier molecular flexibility index (Phi) is 5.69. The number of nitrogens with zero attached hydrogens (tertiary/aromatic N) is 4. The van der Waals surface area contributed by atoms with Crippen LogP contribution in [0.4, 0.5) is 5.13 Å². The predicted octanol–water partition coefficient (Wildman–Crippen LogP) is 3.86. The van der Waals surface area contributed by atoms with E-state index in [9.17, 15) is 4.79 Å². The van der Waals surface area contributed by atoms with E-state index in [4.69, 9.17) is 4.98 Å². The van der Waals surface area contributed by atoms with Crippen molar-refractivity contribution in [2.24, 2.45) is 5.92 Å². The Hall–Kier alpha value is -2.44. The molecule has 2 fully saturated rings. The fourth-order valence-corrected chi connectivity index (χ4v) is 5.57. The molecule has 5 nitrogen and oxygen atoms in total. The number of hydrogen-bond donors (Lipinski definition) is 0. The highest BCUT2D eigenvalue weighted by atomic mass is 32.1. The van der Waals surface area contributed by atoms with Crippen LogP contribution >= 0.6 is 11.3 Å². The number of piperidine rings is 1. The molecule has 156 valence electrons. The first kappa shape index (κ1) is 19.5. The molecule has 1 aromatic heterocycles. The van der Waals surface area contributed by atoms with Gasteiger partial charge in [0.15, 0.2) is 5.13 Å². The lowest BCUT2D eigenvalue weighted by molar-refractivity contribution is -0.137. The lowest BCUT2D eigenvalue weighted by atomic mass is 9.96. The number of carbonyl (C=O) groups is 1. The second kappa shape index (κ2) is 8.74. The van der Waals surface area contributed by atoms with Gasteiger partial charge in [0.2, 0.25) is 5.91 Å². The normalized spacial score (nSPS) is 20.6. The Labute approximate surface area is 181 Å². The van der Waals surface area contributed by atoms with Crippen LogP contribution < -0.4 is 4.90 Å². The lowest BCUT2D eigenvalue weighted by Gasteiger charge is -2.39. The van der Waals surface area contributed by atoms with Gasteiger partial charge in [-0.25, -0.2) is 4.98 Å². The van der Waals surface area contributed by atoms with Gasteiger partial charge in [0.05, 0.1) is 16.1 Å². The average molecular weight is 421 g/mol. The number of fused-ring (bicyclic) bond motifs is 1. The fourth-order valence-electron chi connectivity index (χ4n) is 4.57. The largest absolute Gasteiger partial charge is 0.347 e. The molecule has 1 unspecified atom stereocenters. The van der Waals surface area contributed by atoms with E-state index in [0.717, 1.165) is 69.3 Å². The van der Waals surface area contributed by atoms with Crippen molar-refractivity contribution >= 4 is 32.6 Å². The van der Waals surface area contributed by atoms with E-state index in [1.165, 1.54) is 10.3 Å². The molecule has 3 aromatic rings. The molecule has 0 aliphatic carbocycles. The molecule has 0 bridgehead atoms. The molecule has 0 spiro atoms. The molecule has 2 aliphatic heterocycles. The van der Waals surface area contributed by atoms with Crippen LogP contribution in [-0.2, 0) is 11.3 Å². The molecule has 1 amide bonds. The molecule has 2 aliphatic rings. The Bertz CT molecular complexity index is 964. The first-order valence-electron chi connectivity index (χ1n) is 10.9. The Morgan fingerprint density at radius 1 is 0.967 bits per heavy atom. The number of para-hydroxylation sites is 1. The predicted molar refractivity (Wildman–Crippen MR) is 123 cm³/mol. The van der Waals surface area contributed by atoms with Gasteiger partial charge in [0.1, 0.15) is 0 Å². The summed E-state index contributed by atoms with van der Waals surface area (Å²) in [6, 6.07) is 18.9. The minimum atomic E-state index is 0.0893. The van der Waals surface area contributed by atoms with Crippen LogP contribution in [0.3, 0.4) is 0 Å². The molecular weight excluding hydrogens is 392 g/mol. The molecule has 1 atom stereocenters. The number of piperazine rings is 1. The summed E-state index contributed by atoms with van der Waals surface area (Å²) in [4.78, 5) is 24.9. The van der Waals surface area contributed by atoms with Crippen LogP contribution in [0.5, 0.6) is 0 Å². The highest BCUT2D eigenvalue weighted by molar-refractivity contribution is 7.22. The minimum absolute atomic E-state index is 0.0893. The third kappa shape index (κ3) is 4.20. The summed E-state index contributed by atoms with van der Waals surface area (Å²) in [5, 5.41) is 1.06.